The summed E-state index contributed by atoms with van der Waals surface area (Å²) in [7, 11) is 3.43. The molecule has 0 spiro atoms. The van der Waals surface area contributed by atoms with Crippen LogP contribution < -0.4 is 9.47 Å². The summed E-state index contributed by atoms with van der Waals surface area (Å²) in [6, 6.07) is 27.8. The molecule has 1 aromatic heterocycles. The Morgan fingerprint density at radius 2 is 1.23 bits per heavy atom. The van der Waals surface area contributed by atoms with Crippen molar-refractivity contribution in [2.75, 3.05) is 40.4 Å². The van der Waals surface area contributed by atoms with E-state index in [1.807, 2.05) is 6.07 Å². The molecule has 0 bridgehead atoms. The highest BCUT2D eigenvalue weighted by Crippen LogP contribution is 2.36. The molecule has 1 aliphatic heterocycles. The van der Waals surface area contributed by atoms with Gasteiger partial charge in [0.05, 0.1) is 32.0 Å². The van der Waals surface area contributed by atoms with Gasteiger partial charge in [0.1, 0.15) is 17.3 Å². The van der Waals surface area contributed by atoms with E-state index in [0.717, 1.165) is 54.8 Å². The number of aryl methyl sites for hydroxylation is 1. The second-order valence-electron chi connectivity index (χ2n) is 10.7. The molecule has 39 heavy (non-hydrogen) atoms. The second-order valence-corrected chi connectivity index (χ2v) is 10.7. The van der Waals surface area contributed by atoms with Gasteiger partial charge in [-0.05, 0) is 48.2 Å². The van der Waals surface area contributed by atoms with Gasteiger partial charge in [0, 0.05) is 37.4 Å². The molecule has 5 rings (SSSR count). The predicted octanol–water partition coefficient (Wildman–Crippen LogP) is 6.51. The number of hydrogen-bond acceptors (Lipinski definition) is 5. The maximum atomic E-state index is 5.43. The van der Waals surface area contributed by atoms with Crippen LogP contribution in [0.25, 0.3) is 11.4 Å². The van der Waals surface area contributed by atoms with Crippen LogP contribution in [0.1, 0.15) is 48.4 Å². The van der Waals surface area contributed by atoms with Gasteiger partial charge in [0.25, 0.3) is 0 Å². The molecule has 0 radical (unpaired) electrons. The summed E-state index contributed by atoms with van der Waals surface area (Å²) in [4.78, 5) is 13.9. The number of rotatable bonds is 9. The Morgan fingerprint density at radius 3 is 1.72 bits per heavy atom. The Kier molecular flexibility index (Phi) is 8.34. The van der Waals surface area contributed by atoms with E-state index in [4.69, 9.17) is 14.5 Å². The van der Waals surface area contributed by atoms with Gasteiger partial charge < -0.3 is 14.5 Å². The minimum Gasteiger partial charge on any atom is -0.497 e. The highest BCUT2D eigenvalue weighted by Gasteiger charge is 2.33. The first-order valence-electron chi connectivity index (χ1n) is 13.9. The summed E-state index contributed by atoms with van der Waals surface area (Å²) >= 11 is 0. The number of H-pyrrole nitrogens is 1. The van der Waals surface area contributed by atoms with Gasteiger partial charge in [-0.1, -0.05) is 68.4 Å². The van der Waals surface area contributed by atoms with Crippen molar-refractivity contribution >= 4 is 0 Å². The molecule has 0 amide bonds. The number of methoxy groups -OCH3 is 2. The van der Waals surface area contributed by atoms with E-state index >= 15 is 0 Å². The third kappa shape index (κ3) is 5.87. The van der Waals surface area contributed by atoms with Gasteiger partial charge in [-0.2, -0.15) is 0 Å². The molecule has 6 nitrogen and oxygen atoms in total. The van der Waals surface area contributed by atoms with E-state index in [0.29, 0.717) is 5.92 Å². The van der Waals surface area contributed by atoms with Crippen molar-refractivity contribution < 1.29 is 9.47 Å². The van der Waals surface area contributed by atoms with Gasteiger partial charge in [0.2, 0.25) is 0 Å². The van der Waals surface area contributed by atoms with Crippen molar-refractivity contribution in [3.63, 3.8) is 0 Å². The number of aromatic nitrogens is 2. The van der Waals surface area contributed by atoms with E-state index in [1.54, 1.807) is 14.2 Å². The summed E-state index contributed by atoms with van der Waals surface area (Å²) in [6.45, 7) is 10.7. The molecule has 3 aromatic carbocycles. The van der Waals surface area contributed by atoms with Crippen LogP contribution in [0.5, 0.6) is 11.5 Å². The van der Waals surface area contributed by atoms with E-state index in [1.165, 1.54) is 16.8 Å². The van der Waals surface area contributed by atoms with Crippen LogP contribution in [0.15, 0.2) is 78.9 Å². The van der Waals surface area contributed by atoms with Gasteiger partial charge in [-0.15, -0.1) is 0 Å². The zero-order valence-corrected chi connectivity index (χ0v) is 23.7. The van der Waals surface area contributed by atoms with Crippen LogP contribution in [-0.4, -0.2) is 60.2 Å². The topological polar surface area (TPSA) is 53.6 Å². The first kappa shape index (κ1) is 27.0. The van der Waals surface area contributed by atoms with E-state index < -0.39 is 0 Å². The van der Waals surface area contributed by atoms with Crippen molar-refractivity contribution in [3.8, 4) is 22.9 Å². The van der Waals surface area contributed by atoms with Crippen LogP contribution in [0.4, 0.5) is 0 Å². The highest BCUT2D eigenvalue weighted by atomic mass is 16.5. The zero-order chi connectivity index (χ0) is 27.4. The summed E-state index contributed by atoms with van der Waals surface area (Å²) in [5.74, 6) is 3.15. The lowest BCUT2D eigenvalue weighted by atomic mass is 9.94. The van der Waals surface area contributed by atoms with Crippen LogP contribution in [0.2, 0.25) is 0 Å². The fraction of sp³-hybridized carbons (Fsp3) is 0.364. The molecule has 6 heteroatoms. The Bertz CT molecular complexity index is 1280. The van der Waals surface area contributed by atoms with Gasteiger partial charge in [-0.25, -0.2) is 4.98 Å². The van der Waals surface area contributed by atoms with Crippen molar-refractivity contribution in [2.45, 2.75) is 32.9 Å². The lowest BCUT2D eigenvalue weighted by molar-refractivity contribution is 0.0599. The lowest BCUT2D eigenvalue weighted by Crippen LogP contribution is -2.50. The highest BCUT2D eigenvalue weighted by molar-refractivity contribution is 5.55. The molecule has 1 aliphatic rings. The van der Waals surface area contributed by atoms with Crippen LogP contribution in [0.3, 0.4) is 0 Å². The van der Waals surface area contributed by atoms with Crippen LogP contribution in [0, 0.1) is 12.8 Å². The molecule has 2 heterocycles. The number of nitrogens with zero attached hydrogens (tertiary/aromatic N) is 3. The molecular formula is C33H40N4O2. The van der Waals surface area contributed by atoms with Gasteiger partial charge in [-0.3, -0.25) is 9.80 Å². The summed E-state index contributed by atoms with van der Waals surface area (Å²) < 4.78 is 10.9. The Hall–Kier alpha value is -3.61. The normalized spacial score (nSPS) is 15.6. The maximum Gasteiger partial charge on any atom is 0.137 e. The summed E-state index contributed by atoms with van der Waals surface area (Å²) in [5.41, 5.74) is 5.99. The monoisotopic (exact) mass is 524 g/mol. The molecule has 1 atom stereocenters. The predicted molar refractivity (Wildman–Crippen MR) is 157 cm³/mol. The maximum absolute atomic E-state index is 5.43. The molecule has 0 saturated carbocycles. The third-order valence-electron chi connectivity index (χ3n) is 7.85. The quantitative estimate of drug-likeness (QED) is 0.271. The fourth-order valence-electron chi connectivity index (χ4n) is 5.87. The van der Waals surface area contributed by atoms with E-state index in [9.17, 15) is 0 Å². The Balaban J connectivity index is 1.38. The number of hydrogen-bond donors (Lipinski definition) is 1. The van der Waals surface area contributed by atoms with Gasteiger partial charge >= 0.3 is 0 Å². The SMILES string of the molecule is COc1ccc(C(c2ccc(OC)cc2)N2CCN(C(c3nc(-c4ccccc4)[nH]c3C)C(C)C)CC2)cc1. The number of aromatic amines is 1. The lowest BCUT2D eigenvalue weighted by Gasteiger charge is -2.43. The van der Waals surface area contributed by atoms with E-state index in [2.05, 4.69) is 108 Å². The molecule has 0 aliphatic carbocycles. The first-order chi connectivity index (χ1) is 19.0. The summed E-state index contributed by atoms with van der Waals surface area (Å²) in [5, 5.41) is 0. The molecule has 1 saturated heterocycles. The molecule has 1 fully saturated rings. The molecule has 1 N–H and O–H groups in total. The molecule has 1 unspecified atom stereocenters. The summed E-state index contributed by atoms with van der Waals surface area (Å²) in [6.07, 6.45) is 0. The molecular weight excluding hydrogens is 484 g/mol. The largest absolute Gasteiger partial charge is 0.497 e. The first-order valence-corrected chi connectivity index (χ1v) is 13.9. The van der Waals surface area contributed by atoms with Crippen molar-refractivity contribution in [2.24, 2.45) is 5.92 Å². The number of nitrogens with one attached hydrogen (secondary N) is 1. The Morgan fingerprint density at radius 1 is 0.718 bits per heavy atom. The van der Waals surface area contributed by atoms with Crippen LogP contribution >= 0.6 is 0 Å². The third-order valence-corrected chi connectivity index (χ3v) is 7.85. The van der Waals surface area contributed by atoms with Crippen molar-refractivity contribution in [1.82, 2.24) is 19.8 Å². The number of piperazine rings is 1. The average molecular weight is 525 g/mol. The van der Waals surface area contributed by atoms with Crippen molar-refractivity contribution in [3.05, 3.63) is 101 Å². The van der Waals surface area contributed by atoms with Gasteiger partial charge in [0.15, 0.2) is 0 Å². The molecule has 204 valence electrons. The Labute approximate surface area is 232 Å². The minimum absolute atomic E-state index is 0.165. The molecule has 4 aromatic rings. The van der Waals surface area contributed by atoms with Crippen LogP contribution in [-0.2, 0) is 0 Å². The fourth-order valence-corrected chi connectivity index (χ4v) is 5.87. The average Bonchev–Trinajstić information content (AvgIpc) is 3.36. The standard InChI is InChI=1S/C33H40N4O2/c1-23(2)31(30-24(3)34-33(35-30)27-9-7-6-8-10-27)36-19-21-37(22-20-36)32(25-11-15-28(38-4)16-12-25)26-13-17-29(39-5)18-14-26/h6-18,23,31-32H,19-22H2,1-5H3,(H,34,35). The number of imidazole rings is 1. The van der Waals surface area contributed by atoms with Crippen molar-refractivity contribution in [1.29, 1.82) is 0 Å². The smallest absolute Gasteiger partial charge is 0.137 e. The number of benzene rings is 3. The second kappa shape index (κ2) is 12.1. The minimum atomic E-state index is 0.165. The number of ether oxygens (including phenoxy) is 2. The zero-order valence-electron chi connectivity index (χ0n) is 23.7. The van der Waals surface area contributed by atoms with E-state index in [-0.39, 0.29) is 12.1 Å².